The van der Waals surface area contributed by atoms with E-state index in [1.165, 1.54) is 30.3 Å². The van der Waals surface area contributed by atoms with E-state index in [2.05, 4.69) is 25.7 Å². The van der Waals surface area contributed by atoms with Crippen molar-refractivity contribution in [2.75, 3.05) is 0 Å². The van der Waals surface area contributed by atoms with Gasteiger partial charge in [0.05, 0.1) is 5.56 Å². The molecule has 2 aromatic carbocycles. The molecule has 0 radical (unpaired) electrons. The number of benzene rings is 2. The Morgan fingerprint density at radius 2 is 1.63 bits per heavy atom. The smallest absolute Gasteiger partial charge is 0.363 e. The molecular weight excluding hydrogens is 459 g/mol. The maximum absolute atomic E-state index is 13.5. The van der Waals surface area contributed by atoms with E-state index in [0.717, 1.165) is 4.52 Å². The number of carbonyl (C=O) groups excluding carboxylic acids is 2. The molecule has 4 N–H and O–H groups in total. The Balaban J connectivity index is 1.53. The summed E-state index contributed by atoms with van der Waals surface area (Å²) in [6, 6.07) is 11.6. The van der Waals surface area contributed by atoms with Gasteiger partial charge in [-0.2, -0.15) is 4.98 Å². The van der Waals surface area contributed by atoms with E-state index in [1.54, 1.807) is 25.1 Å². The summed E-state index contributed by atoms with van der Waals surface area (Å²) in [5.74, 6) is -2.84. The van der Waals surface area contributed by atoms with Gasteiger partial charge in [-0.3, -0.25) is 9.59 Å². The Morgan fingerprint density at radius 1 is 0.971 bits per heavy atom. The minimum Gasteiger partial charge on any atom is -0.478 e. The van der Waals surface area contributed by atoms with Gasteiger partial charge in [0.15, 0.2) is 0 Å². The van der Waals surface area contributed by atoms with Crippen molar-refractivity contribution in [3.05, 3.63) is 98.5 Å². The van der Waals surface area contributed by atoms with Crippen LogP contribution in [0, 0.1) is 12.7 Å². The molecule has 0 bridgehead atoms. The number of hydrogen-bond acceptors (Lipinski definition) is 6. The SMILES string of the molecule is Cc1cc(CNC(=O)c2cc(C(=O)NCc3ccc(C(=O)O)cc3)n3[nH]c(=O)nc3n2)ccc1F. The van der Waals surface area contributed by atoms with E-state index in [0.29, 0.717) is 16.7 Å². The number of carboxylic acid groups (broad SMARTS) is 1. The lowest BCUT2D eigenvalue weighted by atomic mass is 10.1. The molecule has 11 nitrogen and oxygen atoms in total. The van der Waals surface area contributed by atoms with Gasteiger partial charge in [0.2, 0.25) is 0 Å². The van der Waals surface area contributed by atoms with Crippen molar-refractivity contribution in [2.45, 2.75) is 20.0 Å². The lowest BCUT2D eigenvalue weighted by Gasteiger charge is -2.10. The molecule has 2 heterocycles. The monoisotopic (exact) mass is 478 g/mol. The van der Waals surface area contributed by atoms with Crippen LogP contribution in [0.3, 0.4) is 0 Å². The van der Waals surface area contributed by atoms with Crippen molar-refractivity contribution in [2.24, 2.45) is 0 Å². The minimum atomic E-state index is -1.07. The van der Waals surface area contributed by atoms with E-state index >= 15 is 0 Å². The highest BCUT2D eigenvalue weighted by atomic mass is 19.1. The van der Waals surface area contributed by atoms with Crippen LogP contribution >= 0.6 is 0 Å². The number of nitrogens with one attached hydrogen (secondary N) is 3. The number of rotatable bonds is 7. The first-order chi connectivity index (χ1) is 16.7. The highest BCUT2D eigenvalue weighted by molar-refractivity contribution is 5.98. The summed E-state index contributed by atoms with van der Waals surface area (Å²) in [4.78, 5) is 56.0. The zero-order valence-corrected chi connectivity index (χ0v) is 18.3. The number of halogens is 1. The Labute approximate surface area is 196 Å². The molecule has 0 saturated heterocycles. The predicted molar refractivity (Wildman–Crippen MR) is 120 cm³/mol. The van der Waals surface area contributed by atoms with Crippen molar-refractivity contribution in [3.8, 4) is 0 Å². The van der Waals surface area contributed by atoms with Crippen molar-refractivity contribution in [1.29, 1.82) is 0 Å². The van der Waals surface area contributed by atoms with Crippen LogP contribution < -0.4 is 16.3 Å². The van der Waals surface area contributed by atoms with Gasteiger partial charge >= 0.3 is 11.7 Å². The Morgan fingerprint density at radius 3 is 2.31 bits per heavy atom. The van der Waals surface area contributed by atoms with Crippen LogP contribution in [0.1, 0.15) is 48.0 Å². The second kappa shape index (κ2) is 9.55. The number of fused-ring (bicyclic) bond motifs is 1. The number of nitrogens with zero attached hydrogens (tertiary/aromatic N) is 3. The van der Waals surface area contributed by atoms with Crippen LogP contribution in [-0.4, -0.2) is 42.5 Å². The minimum absolute atomic E-state index is 0.0624. The molecule has 35 heavy (non-hydrogen) atoms. The molecule has 2 amide bonds. The number of amides is 2. The van der Waals surface area contributed by atoms with Gasteiger partial charge in [-0.15, -0.1) is 0 Å². The third-order valence-corrected chi connectivity index (χ3v) is 5.14. The molecule has 4 aromatic rings. The summed E-state index contributed by atoms with van der Waals surface area (Å²) >= 11 is 0. The van der Waals surface area contributed by atoms with E-state index in [9.17, 15) is 23.6 Å². The number of aryl methyl sites for hydroxylation is 1. The quantitative estimate of drug-likeness (QED) is 0.313. The van der Waals surface area contributed by atoms with Gasteiger partial charge in [0.25, 0.3) is 17.6 Å². The summed E-state index contributed by atoms with van der Waals surface area (Å²) in [5.41, 5.74) is 0.861. The van der Waals surface area contributed by atoms with Crippen molar-refractivity contribution < 1.29 is 23.9 Å². The van der Waals surface area contributed by atoms with Gasteiger partial charge in [-0.1, -0.05) is 24.3 Å². The first-order valence-electron chi connectivity index (χ1n) is 10.3. The number of aromatic nitrogens is 4. The number of aromatic carboxylic acids is 1. The highest BCUT2D eigenvalue weighted by Crippen LogP contribution is 2.11. The second-order valence-corrected chi connectivity index (χ2v) is 7.64. The van der Waals surface area contributed by atoms with E-state index < -0.39 is 23.5 Å². The third-order valence-electron chi connectivity index (χ3n) is 5.14. The van der Waals surface area contributed by atoms with Crippen molar-refractivity contribution in [1.82, 2.24) is 30.2 Å². The lowest BCUT2D eigenvalue weighted by molar-refractivity contribution is 0.0696. The first kappa shape index (κ1) is 23.3. The molecule has 0 atom stereocenters. The number of hydrogen-bond donors (Lipinski definition) is 4. The van der Waals surface area contributed by atoms with Crippen molar-refractivity contribution >= 4 is 23.6 Å². The van der Waals surface area contributed by atoms with Gasteiger partial charge in [-0.05, 0) is 41.8 Å². The molecule has 2 aromatic heterocycles. The first-order valence-corrected chi connectivity index (χ1v) is 10.3. The number of carboxylic acids is 1. The van der Waals surface area contributed by atoms with Crippen LogP contribution in [0.25, 0.3) is 5.78 Å². The Bertz CT molecular complexity index is 1510. The standard InChI is InChI=1S/C23H19FN6O5/c1-12-8-14(4-7-16(12)24)11-25-19(31)17-9-18(30-22(27-17)28-23(35)29-30)20(32)26-10-13-2-5-15(6-3-13)21(33)34/h2-9H,10-11H2,1H3,(H,25,31)(H,26,32)(H,29,35)(H,33,34). The van der Waals surface area contributed by atoms with Gasteiger partial charge in [0.1, 0.15) is 17.2 Å². The van der Waals surface area contributed by atoms with E-state index in [-0.39, 0.29) is 41.6 Å². The zero-order valence-electron chi connectivity index (χ0n) is 18.3. The molecule has 12 heteroatoms. The summed E-state index contributed by atoms with van der Waals surface area (Å²) in [6.07, 6.45) is 0. The molecule has 0 saturated carbocycles. The Hall–Kier alpha value is -4.87. The topological polar surface area (TPSA) is 159 Å². The summed E-state index contributed by atoms with van der Waals surface area (Å²) < 4.78 is 14.5. The maximum atomic E-state index is 13.5. The maximum Gasteiger partial charge on any atom is 0.363 e. The van der Waals surface area contributed by atoms with Crippen molar-refractivity contribution in [3.63, 3.8) is 0 Å². The molecule has 0 aliphatic carbocycles. The molecular formula is C23H19FN6O5. The average Bonchev–Trinajstić information content (AvgIpc) is 3.22. The van der Waals surface area contributed by atoms with Gasteiger partial charge in [-0.25, -0.2) is 28.6 Å². The van der Waals surface area contributed by atoms with E-state index in [1.807, 2.05) is 0 Å². The lowest BCUT2D eigenvalue weighted by Crippen LogP contribution is -2.28. The summed E-state index contributed by atoms with van der Waals surface area (Å²) in [6.45, 7) is 1.76. The molecule has 0 aliphatic rings. The van der Waals surface area contributed by atoms with Gasteiger partial charge in [0, 0.05) is 19.2 Å². The molecule has 0 aliphatic heterocycles. The largest absolute Gasteiger partial charge is 0.478 e. The third kappa shape index (κ3) is 5.21. The molecule has 178 valence electrons. The number of carbonyl (C=O) groups is 3. The number of H-pyrrole nitrogens is 1. The Kier molecular flexibility index (Phi) is 6.36. The van der Waals surface area contributed by atoms with Crippen LogP contribution in [0.15, 0.2) is 53.3 Å². The highest BCUT2D eigenvalue weighted by Gasteiger charge is 2.19. The summed E-state index contributed by atoms with van der Waals surface area (Å²) in [7, 11) is 0. The average molecular weight is 478 g/mol. The van der Waals surface area contributed by atoms with Crippen LogP contribution in [0.5, 0.6) is 0 Å². The number of aromatic amines is 1. The second-order valence-electron chi connectivity index (χ2n) is 7.64. The normalized spacial score (nSPS) is 10.8. The van der Waals surface area contributed by atoms with Crippen LogP contribution in [0.4, 0.5) is 4.39 Å². The molecule has 0 spiro atoms. The fourth-order valence-electron chi connectivity index (χ4n) is 3.30. The molecule has 4 rings (SSSR count). The van der Waals surface area contributed by atoms with Crippen LogP contribution in [0.2, 0.25) is 0 Å². The molecule has 0 fully saturated rings. The fraction of sp³-hybridized carbons (Fsp3) is 0.130. The zero-order chi connectivity index (χ0) is 25.1. The van der Waals surface area contributed by atoms with Gasteiger partial charge < -0.3 is 15.7 Å². The van der Waals surface area contributed by atoms with E-state index in [4.69, 9.17) is 5.11 Å². The van der Waals surface area contributed by atoms with Crippen LogP contribution in [-0.2, 0) is 13.1 Å². The predicted octanol–water partition coefficient (Wildman–Crippen LogP) is 1.42. The summed E-state index contributed by atoms with van der Waals surface area (Å²) in [5, 5.41) is 16.6. The molecule has 0 unspecified atom stereocenters. The fourth-order valence-corrected chi connectivity index (χ4v) is 3.30.